The van der Waals surface area contributed by atoms with Gasteiger partial charge in [0.2, 0.25) is 11.8 Å². The number of pyridine rings is 3. The Bertz CT molecular complexity index is 4800. The summed E-state index contributed by atoms with van der Waals surface area (Å²) in [7, 11) is 5.16. The number of ether oxygens (including phenoxy) is 4. The zero-order valence-corrected chi connectivity index (χ0v) is 66.1. The minimum atomic E-state index is -0.810. The summed E-state index contributed by atoms with van der Waals surface area (Å²) in [6.45, 7) is 22.4. The van der Waals surface area contributed by atoms with Crippen molar-refractivity contribution in [2.75, 3.05) is 159 Å². The molecular formula is C86H107N17O7S. The number of benzene rings is 5. The molecule has 5 aromatic carbocycles. The van der Waals surface area contributed by atoms with Gasteiger partial charge in [-0.05, 0) is 143 Å². The van der Waals surface area contributed by atoms with E-state index in [0.717, 1.165) is 238 Å². The third-order valence-corrected chi connectivity index (χ3v) is 22.1. The Balaban J connectivity index is 0.000000146. The number of hydrogen-bond donors (Lipinski definition) is 3. The summed E-state index contributed by atoms with van der Waals surface area (Å²) < 4.78 is 26.7. The first-order chi connectivity index (χ1) is 54.2. The maximum atomic E-state index is 12.9. The average Bonchev–Trinajstić information content (AvgIpc) is 0.971. The standard InChI is InChI=1S/C29H34N6O2.C29H35N5O2.C28H38N6O3S/c1-22(36)30-16-13-26(25-14-19-35(32-25)24-9-4-3-5-10-24)33-17-7-18-34(21-20-33)29-27(37-2)12-11-23-8-6-15-31-28(23)29;1-29(2,35)21-25(24-14-18-34(31-24)23-10-5-4-6-11-23)32-16-8-17-33(20-19-32)28-26(36-3)13-12-22-9-7-15-30-27(22)28;1-3-9-29-25(35)19-23(22-20-38-28(31-22)34-15-17-37-18-16-34)32-11-5-12-33(14-13-32)27-24(36-2)8-7-21-6-4-10-30-26(21)27/h3-6,8-12,14-15,19,26H,7,13,16-18,20-21H2,1-2H3,(H,30,36);4-7,9-15,18,25,35H,8,16-17,19-21H2,1-3H3;4,6-8,10,20,23H,3,5,9,11-19H2,1-2H3,(H,29,35). The Kier molecular flexibility index (Phi) is 27.1. The van der Waals surface area contributed by atoms with Crippen molar-refractivity contribution in [2.24, 2.45) is 0 Å². The number of hydrogen-bond acceptors (Lipinski definition) is 21. The van der Waals surface area contributed by atoms with Crippen LogP contribution in [0.3, 0.4) is 0 Å². The molecule has 4 fully saturated rings. The van der Waals surface area contributed by atoms with E-state index in [1.54, 1.807) is 39.6 Å². The second-order valence-electron chi connectivity index (χ2n) is 29.3. The Morgan fingerprint density at radius 1 is 0.505 bits per heavy atom. The fourth-order valence-corrected chi connectivity index (χ4v) is 16.6. The first kappa shape index (κ1) is 78.8. The van der Waals surface area contributed by atoms with Crippen LogP contribution in [0.5, 0.6) is 17.2 Å². The van der Waals surface area contributed by atoms with Gasteiger partial charge >= 0.3 is 0 Å². The summed E-state index contributed by atoms with van der Waals surface area (Å²) >= 11 is 1.67. The van der Waals surface area contributed by atoms with Crippen molar-refractivity contribution >= 4 is 78.1 Å². The summed E-state index contributed by atoms with van der Waals surface area (Å²) in [5, 5.41) is 33.2. The summed E-state index contributed by atoms with van der Waals surface area (Å²) in [5.74, 6) is 2.62. The van der Waals surface area contributed by atoms with Crippen LogP contribution in [0.2, 0.25) is 0 Å². The summed E-state index contributed by atoms with van der Waals surface area (Å²) in [5.41, 5.74) is 10.3. The smallest absolute Gasteiger partial charge is 0.221 e. The Labute approximate surface area is 655 Å². The van der Waals surface area contributed by atoms with Gasteiger partial charge in [-0.1, -0.05) is 61.5 Å². The van der Waals surface area contributed by atoms with E-state index in [0.29, 0.717) is 25.9 Å². The molecule has 0 spiro atoms. The van der Waals surface area contributed by atoms with E-state index in [-0.39, 0.29) is 29.9 Å². The van der Waals surface area contributed by atoms with Crippen molar-refractivity contribution in [1.29, 1.82) is 0 Å². The molecule has 3 atom stereocenters. The second kappa shape index (κ2) is 38.1. The number of aliphatic hydroxyl groups is 1. The highest BCUT2D eigenvalue weighted by molar-refractivity contribution is 7.13. The molecule has 0 saturated carbocycles. The molecular weight excluding hydrogens is 1420 g/mol. The minimum Gasteiger partial charge on any atom is -0.494 e. The van der Waals surface area contributed by atoms with Gasteiger partial charge in [-0.25, -0.2) is 14.3 Å². The molecule has 4 saturated heterocycles. The largest absolute Gasteiger partial charge is 0.494 e. The highest BCUT2D eigenvalue weighted by Gasteiger charge is 2.34. The molecule has 25 heteroatoms. The first-order valence-corrected chi connectivity index (χ1v) is 40.1. The predicted molar refractivity (Wildman–Crippen MR) is 443 cm³/mol. The lowest BCUT2D eigenvalue weighted by atomic mass is 9.95. The number of aromatic nitrogens is 8. The van der Waals surface area contributed by atoms with Crippen molar-refractivity contribution in [3.8, 4) is 28.6 Å². The van der Waals surface area contributed by atoms with E-state index in [1.165, 1.54) is 0 Å². The van der Waals surface area contributed by atoms with Crippen LogP contribution in [0.15, 0.2) is 182 Å². The fourth-order valence-electron chi connectivity index (χ4n) is 15.7. The minimum absolute atomic E-state index is 0.00819. The van der Waals surface area contributed by atoms with Gasteiger partial charge in [0.15, 0.2) is 5.13 Å². The molecule has 0 aliphatic carbocycles. The number of rotatable bonds is 24. The van der Waals surface area contributed by atoms with Crippen molar-refractivity contribution < 1.29 is 33.6 Å². The third-order valence-electron chi connectivity index (χ3n) is 21.2. The lowest BCUT2D eigenvalue weighted by molar-refractivity contribution is -0.122. The Morgan fingerprint density at radius 2 is 0.955 bits per heavy atom. The summed E-state index contributed by atoms with van der Waals surface area (Å²) in [4.78, 5) is 60.5. The number of anilines is 4. The normalized spacial score (nSPS) is 16.5. The fraction of sp³-hybridized carbons (Fsp3) is 0.419. The molecule has 3 N–H and O–H groups in total. The van der Waals surface area contributed by atoms with Gasteiger partial charge < -0.3 is 54.3 Å². The number of fused-ring (bicyclic) bond motifs is 3. The van der Waals surface area contributed by atoms with Crippen molar-refractivity contribution in [3.05, 3.63) is 199 Å². The summed E-state index contributed by atoms with van der Waals surface area (Å²) in [6.07, 6.45) is 15.3. The van der Waals surface area contributed by atoms with E-state index in [9.17, 15) is 14.7 Å². The number of thiazole rings is 1. The monoisotopic (exact) mass is 1520 g/mol. The van der Waals surface area contributed by atoms with Crippen LogP contribution in [-0.4, -0.2) is 216 Å². The van der Waals surface area contributed by atoms with Crippen LogP contribution < -0.4 is 44.4 Å². The highest BCUT2D eigenvalue weighted by Crippen LogP contribution is 2.41. The van der Waals surface area contributed by atoms with E-state index >= 15 is 0 Å². The molecule has 4 aliphatic rings. The number of nitrogens with one attached hydrogen (secondary N) is 2. The molecule has 584 valence electrons. The van der Waals surface area contributed by atoms with Gasteiger partial charge in [0.05, 0.1) is 103 Å². The number of para-hydroxylation sites is 2. The number of carbonyl (C=O) groups excluding carboxylic acids is 2. The molecule has 0 radical (unpaired) electrons. The van der Waals surface area contributed by atoms with Gasteiger partial charge in [-0.3, -0.25) is 39.2 Å². The third kappa shape index (κ3) is 19.9. The lowest BCUT2D eigenvalue weighted by Gasteiger charge is -2.33. The number of methoxy groups -OCH3 is 3. The number of nitrogens with zero attached hydrogens (tertiary/aromatic N) is 15. The number of amides is 2. The number of carbonyl (C=O) groups is 2. The molecule has 11 aromatic rings. The van der Waals surface area contributed by atoms with Gasteiger partial charge in [0.25, 0.3) is 0 Å². The van der Waals surface area contributed by atoms with Gasteiger partial charge in [-0.2, -0.15) is 10.2 Å². The molecule has 15 rings (SSSR count). The molecule has 24 nitrogen and oxygen atoms in total. The Morgan fingerprint density at radius 3 is 1.40 bits per heavy atom. The van der Waals surface area contributed by atoms with E-state index in [4.69, 9.17) is 49.1 Å². The molecule has 111 heavy (non-hydrogen) atoms. The van der Waals surface area contributed by atoms with Gasteiger partial charge in [0.1, 0.15) is 34.3 Å². The maximum Gasteiger partial charge on any atom is 0.221 e. The molecule has 3 unspecified atom stereocenters. The SMILES string of the molecule is CCCNC(=O)CC(c1csc(N2CCOCC2)n1)N1CCCN(c2c(OC)ccc3cccnc23)CC1.COc1ccc2cccnc2c1N1CCCN(C(CC(C)(C)O)c2ccn(-c3ccccc3)n2)CC1.COc1ccc2cccnc2c1N1CCCN(C(CCNC(C)=O)c2ccn(-c3ccccc3)n2)CC1. The second-order valence-corrected chi connectivity index (χ2v) is 30.1. The first-order valence-electron chi connectivity index (χ1n) is 39.2. The molecule has 0 bridgehead atoms. The topological polar surface area (TPSA) is 225 Å². The van der Waals surface area contributed by atoms with Crippen LogP contribution in [-0.2, 0) is 14.3 Å². The van der Waals surface area contributed by atoms with Crippen molar-refractivity contribution in [1.82, 2.24) is 64.8 Å². The Hall–Kier alpha value is -10.3. The van der Waals surface area contributed by atoms with E-state index < -0.39 is 5.60 Å². The zero-order chi connectivity index (χ0) is 77.1. The molecule has 10 heterocycles. The van der Waals surface area contributed by atoms with Crippen molar-refractivity contribution in [2.45, 2.75) is 96.4 Å². The maximum absolute atomic E-state index is 12.9. The van der Waals surface area contributed by atoms with Crippen LogP contribution in [0, 0.1) is 0 Å². The lowest BCUT2D eigenvalue weighted by Crippen LogP contribution is -2.38. The predicted octanol–water partition coefficient (Wildman–Crippen LogP) is 12.8. The van der Waals surface area contributed by atoms with Gasteiger partial charge in [-0.15, -0.1) is 11.3 Å². The van der Waals surface area contributed by atoms with Crippen LogP contribution in [0.1, 0.15) is 108 Å². The quantitative estimate of drug-likeness (QED) is 0.0511. The average molecular weight is 1520 g/mol. The van der Waals surface area contributed by atoms with Crippen LogP contribution >= 0.6 is 11.3 Å². The zero-order valence-electron chi connectivity index (χ0n) is 65.2. The molecule has 4 aliphatic heterocycles. The number of morpholine rings is 1. The molecule has 6 aromatic heterocycles. The van der Waals surface area contributed by atoms with Crippen molar-refractivity contribution in [3.63, 3.8) is 0 Å². The molecule has 2 amide bonds. The van der Waals surface area contributed by atoms with Gasteiger partial charge in [0, 0.05) is 171 Å². The summed E-state index contributed by atoms with van der Waals surface area (Å²) in [6, 6.07) is 49.0. The van der Waals surface area contributed by atoms with Crippen LogP contribution in [0.4, 0.5) is 22.2 Å². The van der Waals surface area contributed by atoms with Crippen LogP contribution in [0.25, 0.3) is 44.1 Å². The highest BCUT2D eigenvalue weighted by atomic mass is 32.1. The van der Waals surface area contributed by atoms with E-state index in [2.05, 4.69) is 130 Å². The van der Waals surface area contributed by atoms with E-state index in [1.807, 2.05) is 127 Å².